The lowest BCUT2D eigenvalue weighted by Gasteiger charge is -2.09. The van der Waals surface area contributed by atoms with Gasteiger partial charge in [0.25, 0.3) is 0 Å². The van der Waals surface area contributed by atoms with Crippen molar-refractivity contribution in [1.82, 2.24) is 9.44 Å². The zero-order chi connectivity index (χ0) is 13.3. The van der Waals surface area contributed by atoms with Crippen molar-refractivity contribution in [2.24, 2.45) is 0 Å². The molecule has 1 unspecified atom stereocenters. The van der Waals surface area contributed by atoms with E-state index in [9.17, 15) is 18.9 Å². The lowest BCUT2D eigenvalue weighted by atomic mass is 10.3. The molecule has 0 aromatic rings. The van der Waals surface area contributed by atoms with Crippen molar-refractivity contribution in [2.75, 3.05) is 13.2 Å². The number of carboxylic acids is 2. The summed E-state index contributed by atoms with van der Waals surface area (Å²) in [6.45, 7) is -0.708. The van der Waals surface area contributed by atoms with Gasteiger partial charge in [-0.05, 0) is 6.42 Å². The second-order valence-corrected chi connectivity index (χ2v) is 3.75. The predicted molar refractivity (Wildman–Crippen MR) is 55.1 cm³/mol. The third kappa shape index (κ3) is 10.8. The standard InChI is InChI=1S/C7H12N2O7S/c10-5(11)2-1-3-16-7(14)9-17(15)8-4-6(12)13/h8H,1-4H2,(H,9,14)(H,10,11)(H,12,13). The van der Waals surface area contributed by atoms with Gasteiger partial charge in [0.15, 0.2) is 11.5 Å². The van der Waals surface area contributed by atoms with Gasteiger partial charge >= 0.3 is 18.0 Å². The zero-order valence-corrected chi connectivity index (χ0v) is 9.49. The van der Waals surface area contributed by atoms with E-state index in [1.54, 1.807) is 0 Å². The van der Waals surface area contributed by atoms with Gasteiger partial charge in [-0.2, -0.15) is 0 Å². The van der Waals surface area contributed by atoms with Crippen molar-refractivity contribution >= 4 is 29.6 Å². The molecule has 0 fully saturated rings. The zero-order valence-electron chi connectivity index (χ0n) is 8.67. The quantitative estimate of drug-likeness (QED) is 0.318. The fourth-order valence-electron chi connectivity index (χ4n) is 0.657. The van der Waals surface area contributed by atoms with Gasteiger partial charge in [-0.25, -0.2) is 4.79 Å². The van der Waals surface area contributed by atoms with Crippen LogP contribution in [0.15, 0.2) is 0 Å². The van der Waals surface area contributed by atoms with E-state index in [1.807, 2.05) is 9.44 Å². The lowest BCUT2D eigenvalue weighted by Crippen LogP contribution is -2.42. The summed E-state index contributed by atoms with van der Waals surface area (Å²) in [7, 11) is 0. The van der Waals surface area contributed by atoms with Crippen LogP contribution in [0.3, 0.4) is 0 Å². The summed E-state index contributed by atoms with van der Waals surface area (Å²) in [5.41, 5.74) is 0. The second kappa shape index (κ2) is 8.61. The fourth-order valence-corrected chi connectivity index (χ4v) is 1.19. The molecule has 0 radical (unpaired) electrons. The van der Waals surface area contributed by atoms with Crippen LogP contribution in [0.4, 0.5) is 4.79 Å². The second-order valence-electron chi connectivity index (χ2n) is 2.72. The SMILES string of the molecule is O=C(O)CCCOC(=O)N[S+]([O-])NCC(=O)O. The van der Waals surface area contributed by atoms with Gasteiger partial charge in [0, 0.05) is 6.42 Å². The molecule has 4 N–H and O–H groups in total. The first-order valence-corrected chi connectivity index (χ1v) is 5.59. The number of carbonyl (C=O) groups is 3. The summed E-state index contributed by atoms with van der Waals surface area (Å²) >= 11 is -2.06. The van der Waals surface area contributed by atoms with Crippen LogP contribution in [0.1, 0.15) is 12.8 Å². The van der Waals surface area contributed by atoms with E-state index in [1.165, 1.54) is 0 Å². The Balaban J connectivity index is 3.57. The molecule has 17 heavy (non-hydrogen) atoms. The van der Waals surface area contributed by atoms with E-state index < -0.39 is 36.1 Å². The molecule has 10 heteroatoms. The summed E-state index contributed by atoms with van der Waals surface area (Å²) in [5, 5.41) is 16.5. The molecule has 0 aromatic heterocycles. The number of hydrogen-bond donors (Lipinski definition) is 4. The molecular formula is C7H12N2O7S. The maximum atomic E-state index is 10.9. The first kappa shape index (κ1) is 15.5. The maximum Gasteiger partial charge on any atom is 0.450 e. The van der Waals surface area contributed by atoms with Crippen LogP contribution in [-0.2, 0) is 25.9 Å². The van der Waals surface area contributed by atoms with E-state index in [4.69, 9.17) is 10.2 Å². The molecule has 9 nitrogen and oxygen atoms in total. The first-order valence-electron chi connectivity index (χ1n) is 4.44. The molecule has 0 aliphatic carbocycles. The highest BCUT2D eigenvalue weighted by atomic mass is 32.2. The van der Waals surface area contributed by atoms with Gasteiger partial charge in [0.2, 0.25) is 0 Å². The Kier molecular flexibility index (Phi) is 7.84. The Bertz CT molecular complexity index is 285. The molecule has 0 saturated heterocycles. The van der Waals surface area contributed by atoms with Gasteiger partial charge in [0.1, 0.15) is 6.54 Å². The Morgan fingerprint density at radius 1 is 1.24 bits per heavy atom. The highest BCUT2D eigenvalue weighted by Gasteiger charge is 2.14. The minimum atomic E-state index is -2.06. The molecule has 0 aliphatic rings. The molecule has 0 spiro atoms. The van der Waals surface area contributed by atoms with E-state index in [-0.39, 0.29) is 19.4 Å². The topological polar surface area (TPSA) is 148 Å². The third-order valence-corrected chi connectivity index (χ3v) is 2.06. The highest BCUT2D eigenvalue weighted by Crippen LogP contribution is 1.91. The minimum Gasteiger partial charge on any atom is -0.573 e. The normalized spacial score (nSPS) is 11.6. The molecule has 0 bridgehead atoms. The molecule has 0 aromatic carbocycles. The number of rotatable bonds is 8. The number of ether oxygens (including phenoxy) is 1. The summed E-state index contributed by atoms with van der Waals surface area (Å²) < 4.78 is 19.2. The van der Waals surface area contributed by atoms with Crippen LogP contribution >= 0.6 is 0 Å². The van der Waals surface area contributed by atoms with Gasteiger partial charge in [-0.3, -0.25) is 9.59 Å². The van der Waals surface area contributed by atoms with Gasteiger partial charge < -0.3 is 19.5 Å². The average Bonchev–Trinajstić information content (AvgIpc) is 2.21. The van der Waals surface area contributed by atoms with Crippen molar-refractivity contribution in [3.05, 3.63) is 0 Å². The van der Waals surface area contributed by atoms with Gasteiger partial charge in [-0.15, -0.1) is 9.44 Å². The summed E-state index contributed by atoms with van der Waals surface area (Å²) in [6.07, 6.45) is -1.03. The Morgan fingerprint density at radius 3 is 2.41 bits per heavy atom. The van der Waals surface area contributed by atoms with Crippen LogP contribution in [-0.4, -0.2) is 45.9 Å². The van der Waals surface area contributed by atoms with Gasteiger partial charge in [0.05, 0.1) is 6.61 Å². The number of amides is 1. The predicted octanol–water partition coefficient (Wildman–Crippen LogP) is -1.17. The molecule has 0 aliphatic heterocycles. The smallest absolute Gasteiger partial charge is 0.450 e. The summed E-state index contributed by atoms with van der Waals surface area (Å²) in [5.74, 6) is -2.24. The van der Waals surface area contributed by atoms with Crippen molar-refractivity contribution in [1.29, 1.82) is 0 Å². The average molecular weight is 268 g/mol. The molecule has 0 saturated carbocycles. The number of nitrogens with one attached hydrogen (secondary N) is 2. The lowest BCUT2D eigenvalue weighted by molar-refractivity contribution is -0.137. The highest BCUT2D eigenvalue weighted by molar-refractivity contribution is 7.88. The molecule has 1 amide bonds. The Morgan fingerprint density at radius 2 is 1.88 bits per heavy atom. The number of hydrogen-bond acceptors (Lipinski definition) is 6. The molecule has 98 valence electrons. The number of aliphatic carboxylic acids is 2. The Hall–Kier alpha value is -1.52. The van der Waals surface area contributed by atoms with E-state index in [0.717, 1.165) is 0 Å². The van der Waals surface area contributed by atoms with E-state index in [2.05, 4.69) is 4.74 Å². The first-order chi connectivity index (χ1) is 7.91. The van der Waals surface area contributed by atoms with Crippen LogP contribution in [0.5, 0.6) is 0 Å². The Labute approximate surface area is 99.6 Å². The molecule has 1 atom stereocenters. The fraction of sp³-hybridized carbons (Fsp3) is 0.571. The van der Waals surface area contributed by atoms with Crippen molar-refractivity contribution in [3.63, 3.8) is 0 Å². The molecular weight excluding hydrogens is 256 g/mol. The molecule has 0 rings (SSSR count). The number of carbonyl (C=O) groups excluding carboxylic acids is 1. The van der Waals surface area contributed by atoms with Gasteiger partial charge in [-0.1, -0.05) is 0 Å². The maximum absolute atomic E-state index is 10.9. The van der Waals surface area contributed by atoms with Crippen molar-refractivity contribution < 1.29 is 33.9 Å². The summed E-state index contributed by atoms with van der Waals surface area (Å²) in [6, 6.07) is 0. The van der Waals surface area contributed by atoms with E-state index in [0.29, 0.717) is 0 Å². The van der Waals surface area contributed by atoms with Crippen molar-refractivity contribution in [2.45, 2.75) is 12.8 Å². The van der Waals surface area contributed by atoms with Crippen LogP contribution in [0.25, 0.3) is 0 Å². The van der Waals surface area contributed by atoms with E-state index >= 15 is 0 Å². The van der Waals surface area contributed by atoms with Crippen LogP contribution < -0.4 is 9.44 Å². The van der Waals surface area contributed by atoms with Crippen molar-refractivity contribution in [3.8, 4) is 0 Å². The molecule has 0 heterocycles. The minimum absolute atomic E-state index is 0.131. The monoisotopic (exact) mass is 268 g/mol. The summed E-state index contributed by atoms with van der Waals surface area (Å²) in [4.78, 5) is 31.0. The third-order valence-electron chi connectivity index (χ3n) is 1.30. The van der Waals surface area contributed by atoms with Crippen LogP contribution in [0, 0.1) is 0 Å². The van der Waals surface area contributed by atoms with Crippen LogP contribution in [0.2, 0.25) is 0 Å². The number of carboxylic acid groups (broad SMARTS) is 2. The largest absolute Gasteiger partial charge is 0.573 e.